The maximum atomic E-state index is 13.9. The van der Waals surface area contributed by atoms with Crippen LogP contribution in [0.2, 0.25) is 0 Å². The molecule has 222 valence electrons. The van der Waals surface area contributed by atoms with E-state index in [4.69, 9.17) is 14.2 Å². The fourth-order valence-corrected chi connectivity index (χ4v) is 5.80. The molecule has 0 saturated heterocycles. The standard InChI is InChI=1S/C34H34N2O6S/c1-5-40-28-17-24(11-16-27(28)37)18-29-32(38)36-31(30(22(4)35-34(36)43-29)33(39)42-19-21(2)3)25-12-14-26(15-13-25)41-20-23-9-7-6-8-10-23/h6-18,21,31,37H,5,19-20H2,1-4H3. The summed E-state index contributed by atoms with van der Waals surface area (Å²) >= 11 is 1.24. The Morgan fingerprint density at radius 2 is 1.81 bits per heavy atom. The van der Waals surface area contributed by atoms with Crippen molar-refractivity contribution in [3.63, 3.8) is 0 Å². The van der Waals surface area contributed by atoms with E-state index in [9.17, 15) is 14.7 Å². The van der Waals surface area contributed by atoms with Gasteiger partial charge in [-0.1, -0.05) is 73.7 Å². The molecule has 1 unspecified atom stereocenters. The first-order valence-electron chi connectivity index (χ1n) is 14.2. The van der Waals surface area contributed by atoms with Crippen molar-refractivity contribution in [1.82, 2.24) is 4.57 Å². The molecule has 1 aliphatic rings. The molecular weight excluding hydrogens is 564 g/mol. The van der Waals surface area contributed by atoms with Crippen LogP contribution in [-0.2, 0) is 16.1 Å². The van der Waals surface area contributed by atoms with Crippen LogP contribution in [0.15, 0.2) is 93.9 Å². The number of rotatable bonds is 10. The minimum absolute atomic E-state index is 0.0248. The molecule has 5 rings (SSSR count). The Hall–Kier alpha value is -4.63. The highest BCUT2D eigenvalue weighted by atomic mass is 32.1. The zero-order chi connectivity index (χ0) is 30.5. The summed E-state index contributed by atoms with van der Waals surface area (Å²) in [6.45, 7) is 8.60. The number of aromatic nitrogens is 1. The van der Waals surface area contributed by atoms with Gasteiger partial charge in [-0.15, -0.1) is 0 Å². The number of carbonyl (C=O) groups excluding carboxylic acids is 1. The fraction of sp³-hybridized carbons (Fsp3) is 0.265. The van der Waals surface area contributed by atoms with Gasteiger partial charge in [0.15, 0.2) is 16.3 Å². The molecule has 1 aromatic heterocycles. The summed E-state index contributed by atoms with van der Waals surface area (Å²) in [6.07, 6.45) is 1.74. The maximum absolute atomic E-state index is 13.9. The SMILES string of the molecule is CCOc1cc(C=c2sc3n(c2=O)C(c2ccc(OCc4ccccc4)cc2)C(C(=O)OCC(C)C)=C(C)N=3)ccc1O. The zero-order valence-corrected chi connectivity index (χ0v) is 25.4. The van der Waals surface area contributed by atoms with Crippen molar-refractivity contribution in [3.05, 3.63) is 120 Å². The van der Waals surface area contributed by atoms with Gasteiger partial charge < -0.3 is 19.3 Å². The number of hydrogen-bond acceptors (Lipinski definition) is 8. The van der Waals surface area contributed by atoms with E-state index in [0.717, 1.165) is 11.1 Å². The normalized spacial score (nSPS) is 14.8. The van der Waals surface area contributed by atoms with Crippen LogP contribution in [0.4, 0.5) is 0 Å². The van der Waals surface area contributed by atoms with Crippen LogP contribution in [-0.4, -0.2) is 28.9 Å². The van der Waals surface area contributed by atoms with Crippen LogP contribution in [0, 0.1) is 5.92 Å². The molecule has 1 aliphatic heterocycles. The third-order valence-corrected chi connectivity index (χ3v) is 7.80. The van der Waals surface area contributed by atoms with E-state index in [0.29, 0.717) is 50.9 Å². The van der Waals surface area contributed by atoms with Crippen LogP contribution in [0.1, 0.15) is 50.4 Å². The van der Waals surface area contributed by atoms with Gasteiger partial charge >= 0.3 is 5.97 Å². The number of fused-ring (bicyclic) bond motifs is 1. The highest BCUT2D eigenvalue weighted by Gasteiger charge is 2.33. The summed E-state index contributed by atoms with van der Waals surface area (Å²) < 4.78 is 19.1. The molecular formula is C34H34N2O6S. The van der Waals surface area contributed by atoms with Gasteiger partial charge in [-0.05, 0) is 66.8 Å². The minimum atomic E-state index is -0.736. The van der Waals surface area contributed by atoms with E-state index >= 15 is 0 Å². The first-order valence-corrected chi connectivity index (χ1v) is 15.0. The van der Waals surface area contributed by atoms with Crippen molar-refractivity contribution in [3.8, 4) is 17.2 Å². The second-order valence-electron chi connectivity index (χ2n) is 10.6. The van der Waals surface area contributed by atoms with E-state index in [-0.39, 0.29) is 23.8 Å². The van der Waals surface area contributed by atoms with Gasteiger partial charge in [0.05, 0.1) is 35.1 Å². The third kappa shape index (κ3) is 6.73. The van der Waals surface area contributed by atoms with Crippen LogP contribution in [0.3, 0.4) is 0 Å². The topological polar surface area (TPSA) is 99.4 Å². The number of nitrogens with zero attached hydrogens (tertiary/aromatic N) is 2. The summed E-state index contributed by atoms with van der Waals surface area (Å²) in [6, 6.07) is 21.5. The van der Waals surface area contributed by atoms with Gasteiger partial charge in [-0.2, -0.15) is 0 Å². The van der Waals surface area contributed by atoms with E-state index in [1.807, 2.05) is 75.4 Å². The van der Waals surface area contributed by atoms with Gasteiger partial charge in [-0.3, -0.25) is 9.36 Å². The number of esters is 1. The fourth-order valence-electron chi connectivity index (χ4n) is 4.75. The van der Waals surface area contributed by atoms with E-state index < -0.39 is 12.0 Å². The zero-order valence-electron chi connectivity index (χ0n) is 24.6. The third-order valence-electron chi connectivity index (χ3n) is 6.81. The molecule has 0 fully saturated rings. The van der Waals surface area contributed by atoms with Gasteiger partial charge in [-0.25, -0.2) is 9.79 Å². The molecule has 0 saturated carbocycles. The Morgan fingerprint density at radius 1 is 1.07 bits per heavy atom. The van der Waals surface area contributed by atoms with Crippen molar-refractivity contribution >= 4 is 23.4 Å². The van der Waals surface area contributed by atoms with E-state index in [1.165, 1.54) is 17.4 Å². The predicted octanol–water partition coefficient (Wildman–Crippen LogP) is 5.12. The monoisotopic (exact) mass is 598 g/mol. The number of allylic oxidation sites excluding steroid dienone is 1. The molecule has 1 atom stereocenters. The highest BCUT2D eigenvalue weighted by Crippen LogP contribution is 2.32. The second kappa shape index (κ2) is 13.1. The minimum Gasteiger partial charge on any atom is -0.504 e. The molecule has 9 heteroatoms. The maximum Gasteiger partial charge on any atom is 0.338 e. The first kappa shape index (κ1) is 29.8. The smallest absolute Gasteiger partial charge is 0.338 e. The number of benzene rings is 3. The van der Waals surface area contributed by atoms with Crippen LogP contribution >= 0.6 is 11.3 Å². The summed E-state index contributed by atoms with van der Waals surface area (Å²) in [5.74, 6) is 0.678. The number of aromatic hydroxyl groups is 1. The van der Waals surface area contributed by atoms with Crippen molar-refractivity contribution in [2.75, 3.05) is 13.2 Å². The highest BCUT2D eigenvalue weighted by molar-refractivity contribution is 7.07. The quantitative estimate of drug-likeness (QED) is 0.255. The lowest BCUT2D eigenvalue weighted by molar-refractivity contribution is -0.140. The summed E-state index contributed by atoms with van der Waals surface area (Å²) in [7, 11) is 0. The average Bonchev–Trinajstić information content (AvgIpc) is 3.30. The molecule has 3 aromatic carbocycles. The summed E-state index contributed by atoms with van der Waals surface area (Å²) in [4.78, 5) is 32.5. The average molecular weight is 599 g/mol. The Balaban J connectivity index is 1.56. The number of thiazole rings is 1. The Bertz CT molecular complexity index is 1820. The summed E-state index contributed by atoms with van der Waals surface area (Å²) in [5, 5.41) is 10.1. The molecule has 2 heterocycles. The molecule has 1 N–H and O–H groups in total. The molecule has 8 nitrogen and oxygen atoms in total. The molecule has 0 radical (unpaired) electrons. The van der Waals surface area contributed by atoms with Crippen LogP contribution < -0.4 is 24.4 Å². The van der Waals surface area contributed by atoms with Gasteiger partial charge in [0, 0.05) is 0 Å². The van der Waals surface area contributed by atoms with Crippen molar-refractivity contribution < 1.29 is 24.1 Å². The molecule has 4 aromatic rings. The predicted molar refractivity (Wildman–Crippen MR) is 166 cm³/mol. The molecule has 0 aliphatic carbocycles. The largest absolute Gasteiger partial charge is 0.504 e. The first-order chi connectivity index (χ1) is 20.7. The van der Waals surface area contributed by atoms with Crippen LogP contribution in [0.25, 0.3) is 6.08 Å². The second-order valence-corrected chi connectivity index (χ2v) is 11.6. The molecule has 0 bridgehead atoms. The number of phenolic OH excluding ortho intramolecular Hbond substituents is 1. The van der Waals surface area contributed by atoms with Crippen molar-refractivity contribution in [2.45, 2.75) is 40.3 Å². The lowest BCUT2D eigenvalue weighted by Gasteiger charge is -2.25. The van der Waals surface area contributed by atoms with Gasteiger partial charge in [0.1, 0.15) is 12.4 Å². The van der Waals surface area contributed by atoms with Crippen LogP contribution in [0.5, 0.6) is 17.2 Å². The molecule has 0 amide bonds. The van der Waals surface area contributed by atoms with E-state index in [2.05, 4.69) is 4.99 Å². The number of hydrogen-bond donors (Lipinski definition) is 1. The Kier molecular flexibility index (Phi) is 9.11. The lowest BCUT2D eigenvalue weighted by atomic mass is 9.96. The Labute approximate surface area is 253 Å². The molecule has 43 heavy (non-hydrogen) atoms. The number of phenols is 1. The number of ether oxygens (including phenoxy) is 3. The lowest BCUT2D eigenvalue weighted by Crippen LogP contribution is -2.40. The Morgan fingerprint density at radius 3 is 2.51 bits per heavy atom. The van der Waals surface area contributed by atoms with Crippen molar-refractivity contribution in [2.24, 2.45) is 10.9 Å². The van der Waals surface area contributed by atoms with Gasteiger partial charge in [0.25, 0.3) is 5.56 Å². The van der Waals surface area contributed by atoms with Crippen molar-refractivity contribution in [1.29, 1.82) is 0 Å². The number of carbonyl (C=O) groups is 1. The molecule has 0 spiro atoms. The summed E-state index contributed by atoms with van der Waals surface area (Å²) in [5.41, 5.74) is 3.00. The van der Waals surface area contributed by atoms with E-state index in [1.54, 1.807) is 29.7 Å². The van der Waals surface area contributed by atoms with Gasteiger partial charge in [0.2, 0.25) is 0 Å².